The molecule has 29 heavy (non-hydrogen) atoms. The average Bonchev–Trinajstić information content (AvgIpc) is 3.35. The molecule has 1 spiro atoms. The number of nitrogens with zero attached hydrogens (tertiary/aromatic N) is 6. The summed E-state index contributed by atoms with van der Waals surface area (Å²) in [4.78, 5) is 12.6. The van der Waals surface area contributed by atoms with Crippen LogP contribution in [0.1, 0.15) is 12.8 Å². The SMILES string of the molecule is NC1COCC12CCN(c1ncc(Sc3ccnc(Cl)c3Cl)c3nncn13)CC2. The number of hydrogen-bond donors (Lipinski definition) is 1. The van der Waals surface area contributed by atoms with E-state index in [2.05, 4.69) is 20.1 Å². The van der Waals surface area contributed by atoms with Crippen molar-refractivity contribution in [2.75, 3.05) is 31.2 Å². The van der Waals surface area contributed by atoms with Crippen LogP contribution >= 0.6 is 35.0 Å². The molecule has 5 rings (SSSR count). The summed E-state index contributed by atoms with van der Waals surface area (Å²) in [6.07, 6.45) is 7.10. The van der Waals surface area contributed by atoms with Gasteiger partial charge in [-0.2, -0.15) is 0 Å². The predicted octanol–water partition coefficient (Wildman–Crippen LogP) is 2.92. The lowest BCUT2D eigenvalue weighted by Gasteiger charge is -2.41. The van der Waals surface area contributed by atoms with E-state index in [-0.39, 0.29) is 16.6 Å². The first kappa shape index (κ1) is 19.3. The topological polar surface area (TPSA) is 94.5 Å². The van der Waals surface area contributed by atoms with Crippen molar-refractivity contribution < 1.29 is 4.74 Å². The van der Waals surface area contributed by atoms with E-state index < -0.39 is 0 Å². The standard InChI is InChI=1S/C18H19Cl2N7OS/c19-14-11(1-4-22-15(14)20)29-12-7-23-17(27-10-24-25-16(12)27)26-5-2-18(3-6-26)9-28-8-13(18)21/h1,4,7,10,13H,2-3,5-6,8-9,21H2. The third-order valence-corrected chi connectivity index (χ3v) is 7.77. The van der Waals surface area contributed by atoms with Crippen molar-refractivity contribution in [1.29, 1.82) is 0 Å². The zero-order valence-corrected chi connectivity index (χ0v) is 17.8. The lowest BCUT2D eigenvalue weighted by atomic mass is 9.75. The molecule has 0 amide bonds. The minimum atomic E-state index is 0.0932. The number of halogens is 2. The number of aromatic nitrogens is 5. The van der Waals surface area contributed by atoms with Crippen molar-refractivity contribution >= 4 is 46.6 Å². The summed E-state index contributed by atoms with van der Waals surface area (Å²) in [5, 5.41) is 9.09. The maximum Gasteiger partial charge on any atom is 0.212 e. The van der Waals surface area contributed by atoms with E-state index in [0.29, 0.717) is 11.6 Å². The fourth-order valence-corrected chi connectivity index (χ4v) is 5.36. The van der Waals surface area contributed by atoms with Gasteiger partial charge in [-0.1, -0.05) is 35.0 Å². The summed E-state index contributed by atoms with van der Waals surface area (Å²) in [7, 11) is 0. The number of nitrogens with two attached hydrogens (primary N) is 1. The van der Waals surface area contributed by atoms with E-state index in [9.17, 15) is 0 Å². The molecule has 0 radical (unpaired) electrons. The molecule has 2 fully saturated rings. The first-order valence-electron chi connectivity index (χ1n) is 9.32. The van der Waals surface area contributed by atoms with Gasteiger partial charge in [0.25, 0.3) is 0 Å². The Bertz CT molecular complexity index is 1050. The maximum absolute atomic E-state index is 6.31. The third-order valence-electron chi connectivity index (χ3n) is 5.83. The van der Waals surface area contributed by atoms with Gasteiger partial charge < -0.3 is 15.4 Å². The minimum Gasteiger partial charge on any atom is -0.379 e. The molecule has 11 heteroatoms. The van der Waals surface area contributed by atoms with Crippen molar-refractivity contribution in [3.8, 4) is 0 Å². The Morgan fingerprint density at radius 1 is 1.21 bits per heavy atom. The highest BCUT2D eigenvalue weighted by Gasteiger charge is 2.44. The second-order valence-corrected chi connectivity index (χ2v) is 9.25. The molecule has 5 heterocycles. The summed E-state index contributed by atoms with van der Waals surface area (Å²) < 4.78 is 7.55. The molecule has 2 N–H and O–H groups in total. The van der Waals surface area contributed by atoms with Gasteiger partial charge in [-0.05, 0) is 18.9 Å². The zero-order chi connectivity index (χ0) is 20.0. The summed E-state index contributed by atoms with van der Waals surface area (Å²) in [5.41, 5.74) is 7.13. The van der Waals surface area contributed by atoms with Gasteiger partial charge in [-0.25, -0.2) is 14.4 Å². The number of anilines is 1. The number of pyridine rings is 1. The quantitative estimate of drug-likeness (QED) is 0.607. The average molecular weight is 452 g/mol. The molecular formula is C18H19Cl2N7OS. The van der Waals surface area contributed by atoms with Gasteiger partial charge in [0.15, 0.2) is 5.65 Å². The lowest BCUT2D eigenvalue weighted by molar-refractivity contribution is 0.131. The Kier molecular flexibility index (Phi) is 5.03. The van der Waals surface area contributed by atoms with Gasteiger partial charge in [0.05, 0.1) is 23.1 Å². The van der Waals surface area contributed by atoms with Crippen molar-refractivity contribution in [3.63, 3.8) is 0 Å². The maximum atomic E-state index is 6.31. The van der Waals surface area contributed by atoms with Gasteiger partial charge in [-0.3, -0.25) is 0 Å². The smallest absolute Gasteiger partial charge is 0.212 e. The van der Waals surface area contributed by atoms with Gasteiger partial charge in [-0.15, -0.1) is 10.2 Å². The van der Waals surface area contributed by atoms with E-state index in [0.717, 1.165) is 53.9 Å². The predicted molar refractivity (Wildman–Crippen MR) is 112 cm³/mol. The highest BCUT2D eigenvalue weighted by Crippen LogP contribution is 2.40. The Hall–Kier alpha value is -1.65. The Morgan fingerprint density at radius 2 is 2.03 bits per heavy atom. The fourth-order valence-electron chi connectivity index (χ4n) is 4.03. The lowest BCUT2D eigenvalue weighted by Crippen LogP contribution is -2.49. The Balaban J connectivity index is 1.42. The molecule has 3 aromatic rings. The van der Waals surface area contributed by atoms with E-state index >= 15 is 0 Å². The van der Waals surface area contributed by atoms with Crippen LogP contribution in [0.5, 0.6) is 0 Å². The van der Waals surface area contributed by atoms with Gasteiger partial charge in [0, 0.05) is 41.8 Å². The first-order valence-corrected chi connectivity index (χ1v) is 10.9. The monoisotopic (exact) mass is 451 g/mol. The molecule has 0 aliphatic carbocycles. The van der Waals surface area contributed by atoms with Crippen LogP contribution in [0.4, 0.5) is 5.95 Å². The highest BCUT2D eigenvalue weighted by atomic mass is 35.5. The number of piperidine rings is 1. The highest BCUT2D eigenvalue weighted by molar-refractivity contribution is 7.99. The van der Waals surface area contributed by atoms with Gasteiger partial charge in [0.1, 0.15) is 11.5 Å². The molecular weight excluding hydrogens is 433 g/mol. The first-order chi connectivity index (χ1) is 14.1. The molecule has 1 unspecified atom stereocenters. The number of rotatable bonds is 3. The van der Waals surface area contributed by atoms with Gasteiger partial charge in [0.2, 0.25) is 5.95 Å². The third kappa shape index (κ3) is 3.34. The number of fused-ring (bicyclic) bond motifs is 1. The second-order valence-electron chi connectivity index (χ2n) is 7.43. The Morgan fingerprint density at radius 3 is 2.79 bits per heavy atom. The molecule has 2 aliphatic rings. The van der Waals surface area contributed by atoms with Crippen molar-refractivity contribution in [1.82, 2.24) is 24.6 Å². The normalized spacial score (nSPS) is 21.3. The summed E-state index contributed by atoms with van der Waals surface area (Å²) in [5.74, 6) is 0.829. The molecule has 2 saturated heterocycles. The van der Waals surface area contributed by atoms with E-state index in [1.54, 1.807) is 12.5 Å². The molecule has 0 bridgehead atoms. The largest absolute Gasteiger partial charge is 0.379 e. The van der Waals surface area contributed by atoms with Crippen LogP contribution < -0.4 is 10.6 Å². The fraction of sp³-hybridized carbons (Fsp3) is 0.444. The van der Waals surface area contributed by atoms with E-state index in [1.165, 1.54) is 11.8 Å². The van der Waals surface area contributed by atoms with E-state index in [1.807, 2.05) is 16.7 Å². The van der Waals surface area contributed by atoms with Crippen LogP contribution in [-0.4, -0.2) is 56.9 Å². The molecule has 0 saturated carbocycles. The number of ether oxygens (including phenoxy) is 1. The molecule has 152 valence electrons. The van der Waals surface area contributed by atoms with Crippen molar-refractivity contribution in [2.45, 2.75) is 28.7 Å². The molecule has 1 atom stereocenters. The van der Waals surface area contributed by atoms with Crippen LogP contribution in [0.2, 0.25) is 10.2 Å². The summed E-state index contributed by atoms with van der Waals surface area (Å²) in [6.45, 7) is 3.15. The second kappa shape index (κ2) is 7.55. The van der Waals surface area contributed by atoms with Crippen molar-refractivity contribution in [2.24, 2.45) is 11.1 Å². The van der Waals surface area contributed by atoms with Crippen LogP contribution in [0.25, 0.3) is 5.65 Å². The number of hydrogen-bond acceptors (Lipinski definition) is 8. The van der Waals surface area contributed by atoms with Crippen LogP contribution in [0.3, 0.4) is 0 Å². The van der Waals surface area contributed by atoms with E-state index in [4.69, 9.17) is 38.7 Å². The molecule has 2 aliphatic heterocycles. The molecule has 0 aromatic carbocycles. The van der Waals surface area contributed by atoms with Crippen molar-refractivity contribution in [3.05, 3.63) is 35.0 Å². The van der Waals surface area contributed by atoms with Crippen LogP contribution in [0.15, 0.2) is 34.6 Å². The molecule has 3 aromatic heterocycles. The minimum absolute atomic E-state index is 0.0932. The zero-order valence-electron chi connectivity index (χ0n) is 15.5. The molecule has 8 nitrogen and oxygen atoms in total. The summed E-state index contributed by atoms with van der Waals surface area (Å²) in [6, 6.07) is 1.93. The summed E-state index contributed by atoms with van der Waals surface area (Å²) >= 11 is 13.8. The van der Waals surface area contributed by atoms with Crippen LogP contribution in [-0.2, 0) is 4.74 Å². The Labute approximate surface area is 181 Å². The van der Waals surface area contributed by atoms with Gasteiger partial charge >= 0.3 is 0 Å². The van der Waals surface area contributed by atoms with Crippen LogP contribution in [0, 0.1) is 5.41 Å².